The van der Waals surface area contributed by atoms with Gasteiger partial charge in [-0.1, -0.05) is 65.7 Å². The van der Waals surface area contributed by atoms with Crippen molar-refractivity contribution in [1.29, 1.82) is 0 Å². The maximum Gasteiger partial charge on any atom is -0.0187 e. The van der Waals surface area contributed by atoms with Gasteiger partial charge in [-0.3, -0.25) is 0 Å². The maximum atomic E-state index is 2.38. The number of hydrogen-bond donors (Lipinski definition) is 0. The molecule has 0 spiro atoms. The lowest BCUT2D eigenvalue weighted by atomic mass is 9.74. The Morgan fingerprint density at radius 1 is 0.643 bits per heavy atom. The van der Waals surface area contributed by atoms with Crippen molar-refractivity contribution in [2.24, 2.45) is 5.41 Å². The predicted molar refractivity (Wildman–Crippen MR) is 64.3 cm³/mol. The number of rotatable bonds is 0. The van der Waals surface area contributed by atoms with Crippen LogP contribution in [-0.2, 0) is 0 Å². The largest absolute Gasteiger partial charge is 0.0596 e. The Balaban J connectivity index is 2.38. The summed E-state index contributed by atoms with van der Waals surface area (Å²) in [6, 6.07) is 0. The van der Waals surface area contributed by atoms with E-state index < -0.39 is 0 Å². The third-order valence-corrected chi connectivity index (χ3v) is 3.52. The van der Waals surface area contributed by atoms with Crippen molar-refractivity contribution in [3.05, 3.63) is 5.92 Å². The van der Waals surface area contributed by atoms with Gasteiger partial charge in [0.25, 0.3) is 0 Å². The molecule has 1 aliphatic carbocycles. The second kappa shape index (κ2) is 5.78. The molecule has 0 atom stereocenters. The van der Waals surface area contributed by atoms with Crippen molar-refractivity contribution in [1.82, 2.24) is 0 Å². The topological polar surface area (TPSA) is 0 Å². The molecule has 0 nitrogen and oxygen atoms in total. The van der Waals surface area contributed by atoms with Crippen molar-refractivity contribution >= 4 is 0 Å². The maximum absolute atomic E-state index is 2.38. The highest BCUT2D eigenvalue weighted by atomic mass is 14.3. The first-order valence-electron chi connectivity index (χ1n) is 6.46. The Hall–Kier alpha value is 0. The van der Waals surface area contributed by atoms with E-state index in [1.54, 1.807) is 0 Å². The Labute approximate surface area is 90.5 Å². The second-order valence-electron chi connectivity index (χ2n) is 5.83. The van der Waals surface area contributed by atoms with E-state index in [0.717, 1.165) is 0 Å². The summed E-state index contributed by atoms with van der Waals surface area (Å²) in [5.41, 5.74) is 0.458. The van der Waals surface area contributed by atoms with E-state index >= 15 is 0 Å². The van der Waals surface area contributed by atoms with Crippen LogP contribution in [0, 0.1) is 11.3 Å². The summed E-state index contributed by atoms with van der Waals surface area (Å²) in [5, 5.41) is 0. The average Bonchev–Trinajstić information content (AvgIpc) is 2.12. The molecule has 1 saturated carbocycles. The standard InChI is InChI=1S/C14H27/c1-14(2,3)13-11-9-7-5-4-6-8-10-12-13/h4-12H2,1-3H3. The van der Waals surface area contributed by atoms with Gasteiger partial charge in [0.05, 0.1) is 0 Å². The quantitative estimate of drug-likeness (QED) is 0.502. The normalized spacial score (nSPS) is 23.4. The fourth-order valence-electron chi connectivity index (χ4n) is 2.44. The first-order valence-corrected chi connectivity index (χ1v) is 6.46. The molecule has 0 aromatic heterocycles. The molecule has 83 valence electrons. The highest BCUT2D eigenvalue weighted by Gasteiger charge is 2.24. The molecule has 1 rings (SSSR count). The first-order chi connectivity index (χ1) is 6.61. The van der Waals surface area contributed by atoms with E-state index in [1.165, 1.54) is 57.8 Å². The van der Waals surface area contributed by atoms with Crippen molar-refractivity contribution in [2.45, 2.75) is 78.6 Å². The van der Waals surface area contributed by atoms with E-state index in [2.05, 4.69) is 20.8 Å². The van der Waals surface area contributed by atoms with Crippen LogP contribution in [0.2, 0.25) is 0 Å². The van der Waals surface area contributed by atoms with Crippen molar-refractivity contribution in [3.63, 3.8) is 0 Å². The van der Waals surface area contributed by atoms with Gasteiger partial charge in [0, 0.05) is 0 Å². The predicted octanol–water partition coefficient (Wildman–Crippen LogP) is 5.13. The van der Waals surface area contributed by atoms with E-state index in [9.17, 15) is 0 Å². The molecular weight excluding hydrogens is 168 g/mol. The first kappa shape index (κ1) is 12.1. The average molecular weight is 195 g/mol. The Morgan fingerprint density at radius 2 is 1.00 bits per heavy atom. The van der Waals surface area contributed by atoms with Gasteiger partial charge in [-0.25, -0.2) is 0 Å². The Morgan fingerprint density at radius 3 is 1.36 bits per heavy atom. The summed E-state index contributed by atoms with van der Waals surface area (Å²) < 4.78 is 0. The minimum atomic E-state index is 0.458. The summed E-state index contributed by atoms with van der Waals surface area (Å²) in [6.07, 6.45) is 13.0. The van der Waals surface area contributed by atoms with Crippen LogP contribution in [0.5, 0.6) is 0 Å². The highest BCUT2D eigenvalue weighted by Crippen LogP contribution is 2.37. The monoisotopic (exact) mass is 195 g/mol. The Kier molecular flexibility index (Phi) is 4.98. The molecule has 0 saturated heterocycles. The van der Waals surface area contributed by atoms with Gasteiger partial charge in [-0.05, 0) is 24.2 Å². The summed E-state index contributed by atoms with van der Waals surface area (Å²) in [4.78, 5) is 0. The lowest BCUT2D eigenvalue weighted by Gasteiger charge is -2.31. The lowest BCUT2D eigenvalue weighted by Crippen LogP contribution is -2.18. The fourth-order valence-corrected chi connectivity index (χ4v) is 2.44. The fraction of sp³-hybridized carbons (Fsp3) is 0.929. The summed E-state index contributed by atoms with van der Waals surface area (Å²) >= 11 is 0. The van der Waals surface area contributed by atoms with Crippen LogP contribution in [0.4, 0.5) is 0 Å². The van der Waals surface area contributed by atoms with Gasteiger partial charge in [-0.15, -0.1) is 0 Å². The zero-order valence-corrected chi connectivity index (χ0v) is 10.4. The van der Waals surface area contributed by atoms with Crippen LogP contribution < -0.4 is 0 Å². The van der Waals surface area contributed by atoms with Crippen molar-refractivity contribution in [2.75, 3.05) is 0 Å². The highest BCUT2D eigenvalue weighted by molar-refractivity contribution is 5.00. The van der Waals surface area contributed by atoms with Crippen LogP contribution in [0.25, 0.3) is 0 Å². The van der Waals surface area contributed by atoms with Crippen LogP contribution in [0.1, 0.15) is 78.6 Å². The molecule has 1 radical (unpaired) electrons. The lowest BCUT2D eigenvalue weighted by molar-refractivity contribution is 0.360. The van der Waals surface area contributed by atoms with Gasteiger partial charge >= 0.3 is 0 Å². The molecule has 0 heteroatoms. The zero-order chi connectivity index (χ0) is 10.4. The molecule has 0 amide bonds. The summed E-state index contributed by atoms with van der Waals surface area (Å²) in [5.74, 6) is 1.82. The molecule has 0 aliphatic heterocycles. The molecule has 0 unspecified atom stereocenters. The van der Waals surface area contributed by atoms with Gasteiger partial charge in [-0.2, -0.15) is 0 Å². The van der Waals surface area contributed by atoms with Gasteiger partial charge in [0.2, 0.25) is 0 Å². The smallest absolute Gasteiger partial charge is 0.0187 e. The molecule has 0 heterocycles. The third kappa shape index (κ3) is 4.48. The molecule has 0 aromatic rings. The second-order valence-corrected chi connectivity index (χ2v) is 5.83. The van der Waals surface area contributed by atoms with E-state index in [4.69, 9.17) is 0 Å². The van der Waals surface area contributed by atoms with E-state index in [1.807, 2.05) is 5.92 Å². The van der Waals surface area contributed by atoms with Crippen LogP contribution in [0.15, 0.2) is 0 Å². The van der Waals surface area contributed by atoms with Gasteiger partial charge < -0.3 is 0 Å². The zero-order valence-electron chi connectivity index (χ0n) is 10.4. The molecule has 1 aliphatic rings. The SMILES string of the molecule is CC(C)(C)[C]1CCCCCCCCC1. The third-order valence-electron chi connectivity index (χ3n) is 3.52. The summed E-state index contributed by atoms with van der Waals surface area (Å²) in [6.45, 7) is 7.15. The molecule has 14 heavy (non-hydrogen) atoms. The minimum Gasteiger partial charge on any atom is -0.0596 e. The van der Waals surface area contributed by atoms with Crippen LogP contribution in [0.3, 0.4) is 0 Å². The van der Waals surface area contributed by atoms with Crippen LogP contribution >= 0.6 is 0 Å². The van der Waals surface area contributed by atoms with Crippen molar-refractivity contribution in [3.8, 4) is 0 Å². The van der Waals surface area contributed by atoms with Crippen LogP contribution in [-0.4, -0.2) is 0 Å². The minimum absolute atomic E-state index is 0.458. The van der Waals surface area contributed by atoms with Gasteiger partial charge in [0.15, 0.2) is 0 Å². The van der Waals surface area contributed by atoms with E-state index in [-0.39, 0.29) is 0 Å². The van der Waals surface area contributed by atoms with Crippen molar-refractivity contribution < 1.29 is 0 Å². The molecule has 0 aromatic carbocycles. The van der Waals surface area contributed by atoms with E-state index in [0.29, 0.717) is 5.41 Å². The summed E-state index contributed by atoms with van der Waals surface area (Å²) in [7, 11) is 0. The molecule has 1 fully saturated rings. The molecule has 0 bridgehead atoms. The molecule has 0 N–H and O–H groups in total. The molecular formula is C14H27. The van der Waals surface area contributed by atoms with Gasteiger partial charge in [0.1, 0.15) is 0 Å². The number of hydrogen-bond acceptors (Lipinski definition) is 0. The Bertz CT molecular complexity index is 131.